The van der Waals surface area contributed by atoms with Gasteiger partial charge in [-0.1, -0.05) is 18.2 Å². The average Bonchev–Trinajstić information content (AvgIpc) is 2.86. The zero-order chi connectivity index (χ0) is 24.6. The lowest BCUT2D eigenvalue weighted by Gasteiger charge is -2.30. The molecule has 35 heavy (non-hydrogen) atoms. The van der Waals surface area contributed by atoms with Crippen LogP contribution in [0, 0.1) is 6.92 Å². The van der Waals surface area contributed by atoms with Crippen LogP contribution in [0.5, 0.6) is 23.0 Å². The van der Waals surface area contributed by atoms with E-state index < -0.39 is 0 Å². The number of nitrogens with zero attached hydrogens (tertiary/aromatic N) is 1. The standard InChI is InChI=1S/C27H28N2O6/c1-19-6-3-8-22(14-19)33-13-5-12-29-24-15-20(10-11-25(24)35-18-27(29)31)28-26(30)17-34-23-9-4-7-21(16-23)32-2/h3-4,6-11,14-16H,5,12-13,17-18H2,1-2H3,(H,28,30). The predicted molar refractivity (Wildman–Crippen MR) is 133 cm³/mol. The Balaban J connectivity index is 1.34. The van der Waals surface area contributed by atoms with Gasteiger partial charge in [0.05, 0.1) is 19.4 Å². The molecule has 1 aliphatic rings. The molecule has 1 N–H and O–H groups in total. The maximum atomic E-state index is 12.6. The van der Waals surface area contributed by atoms with Crippen molar-refractivity contribution in [3.63, 3.8) is 0 Å². The first-order valence-corrected chi connectivity index (χ1v) is 11.4. The molecule has 3 aromatic carbocycles. The van der Waals surface area contributed by atoms with Gasteiger partial charge in [0.25, 0.3) is 11.8 Å². The van der Waals surface area contributed by atoms with Crippen LogP contribution in [0.15, 0.2) is 66.7 Å². The average molecular weight is 477 g/mol. The number of methoxy groups -OCH3 is 1. The Morgan fingerprint density at radius 2 is 1.77 bits per heavy atom. The fourth-order valence-corrected chi connectivity index (χ4v) is 3.68. The SMILES string of the molecule is COc1cccc(OCC(=O)Nc2ccc3c(c2)N(CCCOc2cccc(C)c2)C(=O)CO3)c1. The Hall–Kier alpha value is -4.20. The smallest absolute Gasteiger partial charge is 0.265 e. The molecule has 0 bridgehead atoms. The number of anilines is 2. The lowest BCUT2D eigenvalue weighted by atomic mass is 10.2. The van der Waals surface area contributed by atoms with Gasteiger partial charge in [-0.2, -0.15) is 0 Å². The summed E-state index contributed by atoms with van der Waals surface area (Å²) in [7, 11) is 1.57. The van der Waals surface area contributed by atoms with Gasteiger partial charge in [0, 0.05) is 18.3 Å². The van der Waals surface area contributed by atoms with E-state index in [9.17, 15) is 9.59 Å². The number of carbonyl (C=O) groups is 2. The second-order valence-electron chi connectivity index (χ2n) is 8.05. The van der Waals surface area contributed by atoms with Gasteiger partial charge in [0.1, 0.15) is 23.0 Å². The number of aryl methyl sites for hydroxylation is 1. The van der Waals surface area contributed by atoms with E-state index in [0.29, 0.717) is 48.2 Å². The molecule has 182 valence electrons. The van der Waals surface area contributed by atoms with Crippen LogP contribution < -0.4 is 29.2 Å². The van der Waals surface area contributed by atoms with Crippen molar-refractivity contribution < 1.29 is 28.5 Å². The third-order valence-electron chi connectivity index (χ3n) is 5.38. The maximum absolute atomic E-state index is 12.6. The zero-order valence-electron chi connectivity index (χ0n) is 19.8. The van der Waals surface area contributed by atoms with Crippen LogP contribution in [-0.4, -0.2) is 45.3 Å². The summed E-state index contributed by atoms with van der Waals surface area (Å²) in [6.45, 7) is 2.77. The molecule has 0 aliphatic carbocycles. The summed E-state index contributed by atoms with van der Waals surface area (Å²) in [5.41, 5.74) is 2.29. The van der Waals surface area contributed by atoms with Crippen LogP contribution in [0.4, 0.5) is 11.4 Å². The summed E-state index contributed by atoms with van der Waals surface area (Å²) in [4.78, 5) is 26.6. The van der Waals surface area contributed by atoms with Gasteiger partial charge >= 0.3 is 0 Å². The maximum Gasteiger partial charge on any atom is 0.265 e. The monoisotopic (exact) mass is 476 g/mol. The van der Waals surface area contributed by atoms with E-state index >= 15 is 0 Å². The molecule has 0 saturated carbocycles. The molecule has 0 unspecified atom stereocenters. The van der Waals surface area contributed by atoms with E-state index in [1.807, 2.05) is 31.2 Å². The lowest BCUT2D eigenvalue weighted by Crippen LogP contribution is -2.39. The van der Waals surface area contributed by atoms with Gasteiger partial charge in [-0.15, -0.1) is 0 Å². The molecule has 0 fully saturated rings. The molecule has 3 aromatic rings. The van der Waals surface area contributed by atoms with Crippen molar-refractivity contribution in [3.8, 4) is 23.0 Å². The highest BCUT2D eigenvalue weighted by Crippen LogP contribution is 2.34. The second-order valence-corrected chi connectivity index (χ2v) is 8.05. The Bertz CT molecular complexity index is 1200. The fraction of sp³-hybridized carbons (Fsp3) is 0.259. The third-order valence-corrected chi connectivity index (χ3v) is 5.38. The van der Waals surface area contributed by atoms with Gasteiger partial charge < -0.3 is 29.2 Å². The Morgan fingerprint density at radius 3 is 2.57 bits per heavy atom. The zero-order valence-corrected chi connectivity index (χ0v) is 19.8. The number of amides is 2. The number of carbonyl (C=O) groups excluding carboxylic acids is 2. The van der Waals surface area contributed by atoms with E-state index in [-0.39, 0.29) is 25.0 Å². The van der Waals surface area contributed by atoms with E-state index in [1.165, 1.54) is 0 Å². The summed E-state index contributed by atoms with van der Waals surface area (Å²) in [6.07, 6.45) is 0.643. The van der Waals surface area contributed by atoms with Gasteiger partial charge in [-0.05, 0) is 61.4 Å². The van der Waals surface area contributed by atoms with E-state index in [2.05, 4.69) is 5.32 Å². The van der Waals surface area contributed by atoms with Crippen LogP contribution in [0.3, 0.4) is 0 Å². The molecule has 0 saturated heterocycles. The van der Waals surface area contributed by atoms with E-state index in [1.54, 1.807) is 54.5 Å². The largest absolute Gasteiger partial charge is 0.497 e. The molecule has 1 aliphatic heterocycles. The number of fused-ring (bicyclic) bond motifs is 1. The first-order chi connectivity index (χ1) is 17.0. The number of benzene rings is 3. The number of hydrogen-bond acceptors (Lipinski definition) is 6. The van der Waals surface area contributed by atoms with Gasteiger partial charge in [0.2, 0.25) is 0 Å². The third kappa shape index (κ3) is 6.44. The molecule has 0 radical (unpaired) electrons. The highest BCUT2D eigenvalue weighted by atomic mass is 16.5. The van der Waals surface area contributed by atoms with Gasteiger partial charge in [0.15, 0.2) is 13.2 Å². The van der Waals surface area contributed by atoms with Crippen LogP contribution in [0.25, 0.3) is 0 Å². The van der Waals surface area contributed by atoms with E-state index in [0.717, 1.165) is 11.3 Å². The lowest BCUT2D eigenvalue weighted by molar-refractivity contribution is -0.121. The first kappa shape index (κ1) is 23.9. The van der Waals surface area contributed by atoms with Crippen LogP contribution in [0.2, 0.25) is 0 Å². The summed E-state index contributed by atoms with van der Waals surface area (Å²) in [6, 6.07) is 20.1. The van der Waals surface area contributed by atoms with Crippen molar-refractivity contribution in [1.82, 2.24) is 0 Å². The van der Waals surface area contributed by atoms with E-state index in [4.69, 9.17) is 18.9 Å². The normalized spacial score (nSPS) is 12.4. The molecule has 2 amide bonds. The number of hydrogen-bond donors (Lipinski definition) is 1. The first-order valence-electron chi connectivity index (χ1n) is 11.4. The molecule has 8 heteroatoms. The van der Waals surface area contributed by atoms with Crippen molar-refractivity contribution in [2.75, 3.05) is 43.7 Å². The molecular weight excluding hydrogens is 448 g/mol. The van der Waals surface area contributed by atoms with Crippen molar-refractivity contribution in [1.29, 1.82) is 0 Å². The Kier molecular flexibility index (Phi) is 7.72. The minimum absolute atomic E-state index is 0.0220. The summed E-state index contributed by atoms with van der Waals surface area (Å²) >= 11 is 0. The molecule has 0 aromatic heterocycles. The minimum Gasteiger partial charge on any atom is -0.497 e. The van der Waals surface area contributed by atoms with Crippen LogP contribution in [0.1, 0.15) is 12.0 Å². The highest BCUT2D eigenvalue weighted by Gasteiger charge is 2.25. The Labute approximate surface area is 204 Å². The molecule has 1 heterocycles. The summed E-state index contributed by atoms with van der Waals surface area (Å²) in [5.74, 6) is 2.11. The highest BCUT2D eigenvalue weighted by molar-refractivity contribution is 5.99. The quantitative estimate of drug-likeness (QED) is 0.441. The summed E-state index contributed by atoms with van der Waals surface area (Å²) < 4.78 is 22.1. The Morgan fingerprint density at radius 1 is 1.00 bits per heavy atom. The molecule has 4 rings (SSSR count). The van der Waals surface area contributed by atoms with Gasteiger partial charge in [-0.3, -0.25) is 9.59 Å². The van der Waals surface area contributed by atoms with Crippen molar-refractivity contribution in [2.45, 2.75) is 13.3 Å². The number of rotatable bonds is 10. The van der Waals surface area contributed by atoms with Crippen molar-refractivity contribution in [3.05, 3.63) is 72.3 Å². The predicted octanol–water partition coefficient (Wildman–Crippen LogP) is 4.22. The van der Waals surface area contributed by atoms with Crippen LogP contribution >= 0.6 is 0 Å². The van der Waals surface area contributed by atoms with Gasteiger partial charge in [-0.25, -0.2) is 0 Å². The minimum atomic E-state index is -0.325. The second kappa shape index (κ2) is 11.3. The fourth-order valence-electron chi connectivity index (χ4n) is 3.68. The molecule has 0 atom stereocenters. The molecular formula is C27H28N2O6. The number of ether oxygens (including phenoxy) is 4. The molecule has 8 nitrogen and oxygen atoms in total. The number of nitrogens with one attached hydrogen (secondary N) is 1. The van der Waals surface area contributed by atoms with Crippen molar-refractivity contribution in [2.24, 2.45) is 0 Å². The van der Waals surface area contributed by atoms with Crippen molar-refractivity contribution >= 4 is 23.2 Å². The summed E-state index contributed by atoms with van der Waals surface area (Å²) in [5, 5.41) is 2.81. The topological polar surface area (TPSA) is 86.3 Å². The van der Waals surface area contributed by atoms with Crippen LogP contribution in [-0.2, 0) is 9.59 Å². The molecule has 0 spiro atoms.